The number of hydrogen-bond donors (Lipinski definition) is 0. The summed E-state index contributed by atoms with van der Waals surface area (Å²) in [6.07, 6.45) is 2.83. The first kappa shape index (κ1) is 13.8. The fourth-order valence-electron chi connectivity index (χ4n) is 4.07. The molecule has 0 saturated carbocycles. The van der Waals surface area contributed by atoms with Crippen molar-refractivity contribution in [2.45, 2.75) is 37.9 Å². The third-order valence-electron chi connectivity index (χ3n) is 5.49. The first-order chi connectivity index (χ1) is 9.13. The molecule has 3 heterocycles. The highest BCUT2D eigenvalue weighted by Gasteiger charge is 2.36. The van der Waals surface area contributed by atoms with Crippen LogP contribution in [-0.2, 0) is 0 Å². The second kappa shape index (κ2) is 5.68. The molecular formula is C15H30N4. The highest BCUT2D eigenvalue weighted by molar-refractivity contribution is 4.93. The van der Waals surface area contributed by atoms with Gasteiger partial charge in [0.1, 0.15) is 0 Å². The number of fused-ring (bicyclic) bond motifs is 1. The molecule has 3 aliphatic heterocycles. The number of rotatable bonds is 2. The molecule has 0 amide bonds. The van der Waals surface area contributed by atoms with Crippen LogP contribution >= 0.6 is 0 Å². The third kappa shape index (κ3) is 2.97. The fourth-order valence-corrected chi connectivity index (χ4v) is 4.07. The average molecular weight is 266 g/mol. The number of piperazine rings is 2. The molecule has 0 aromatic carbocycles. The lowest BCUT2D eigenvalue weighted by Gasteiger charge is -2.46. The number of likely N-dealkylation sites (N-methyl/N-ethyl adjacent to an activating group) is 2. The maximum Gasteiger partial charge on any atom is 0.0347 e. The van der Waals surface area contributed by atoms with Crippen LogP contribution in [0.5, 0.6) is 0 Å². The van der Waals surface area contributed by atoms with E-state index in [2.05, 4.69) is 40.6 Å². The zero-order valence-corrected chi connectivity index (χ0v) is 12.9. The van der Waals surface area contributed by atoms with Gasteiger partial charge in [-0.25, -0.2) is 0 Å². The van der Waals surface area contributed by atoms with E-state index < -0.39 is 0 Å². The van der Waals surface area contributed by atoms with Gasteiger partial charge in [-0.1, -0.05) is 0 Å². The molecule has 0 aromatic rings. The third-order valence-corrected chi connectivity index (χ3v) is 5.49. The molecule has 3 unspecified atom stereocenters. The van der Waals surface area contributed by atoms with Crippen LogP contribution in [-0.4, -0.2) is 97.6 Å². The molecule has 110 valence electrons. The molecule has 0 aliphatic carbocycles. The van der Waals surface area contributed by atoms with E-state index in [-0.39, 0.29) is 0 Å². The van der Waals surface area contributed by atoms with E-state index in [4.69, 9.17) is 0 Å². The topological polar surface area (TPSA) is 13.0 Å². The van der Waals surface area contributed by atoms with Gasteiger partial charge in [0.2, 0.25) is 0 Å². The average Bonchev–Trinajstić information content (AvgIpc) is 2.81. The van der Waals surface area contributed by atoms with Crippen LogP contribution in [0.25, 0.3) is 0 Å². The van der Waals surface area contributed by atoms with Gasteiger partial charge in [-0.15, -0.1) is 0 Å². The second-order valence-electron chi connectivity index (χ2n) is 6.99. The predicted molar refractivity (Wildman–Crippen MR) is 79.5 cm³/mol. The van der Waals surface area contributed by atoms with E-state index in [0.29, 0.717) is 6.04 Å². The lowest BCUT2D eigenvalue weighted by molar-refractivity contribution is 0.0203. The second-order valence-corrected chi connectivity index (χ2v) is 6.99. The minimum atomic E-state index is 0.717. The van der Waals surface area contributed by atoms with E-state index in [9.17, 15) is 0 Å². The van der Waals surface area contributed by atoms with Gasteiger partial charge in [-0.2, -0.15) is 0 Å². The Morgan fingerprint density at radius 3 is 2.68 bits per heavy atom. The van der Waals surface area contributed by atoms with E-state index in [1.165, 1.54) is 58.7 Å². The summed E-state index contributed by atoms with van der Waals surface area (Å²) in [6.45, 7) is 11.3. The van der Waals surface area contributed by atoms with Crippen LogP contribution in [0.1, 0.15) is 19.8 Å². The lowest BCUT2D eigenvalue weighted by atomic mass is 10.1. The van der Waals surface area contributed by atoms with Crippen molar-refractivity contribution in [1.29, 1.82) is 0 Å². The largest absolute Gasteiger partial charge is 0.303 e. The van der Waals surface area contributed by atoms with E-state index in [0.717, 1.165) is 12.1 Å². The summed E-state index contributed by atoms with van der Waals surface area (Å²) in [6, 6.07) is 2.30. The Kier molecular flexibility index (Phi) is 4.13. The first-order valence-electron chi connectivity index (χ1n) is 8.00. The lowest BCUT2D eigenvalue weighted by Crippen LogP contribution is -2.60. The van der Waals surface area contributed by atoms with Crippen LogP contribution < -0.4 is 0 Å². The van der Waals surface area contributed by atoms with Gasteiger partial charge < -0.3 is 4.90 Å². The molecule has 0 N–H and O–H groups in total. The van der Waals surface area contributed by atoms with Crippen molar-refractivity contribution in [3.63, 3.8) is 0 Å². The molecule has 0 spiro atoms. The van der Waals surface area contributed by atoms with Gasteiger partial charge in [0.05, 0.1) is 0 Å². The first-order valence-corrected chi connectivity index (χ1v) is 8.00. The van der Waals surface area contributed by atoms with Gasteiger partial charge in [-0.3, -0.25) is 14.7 Å². The van der Waals surface area contributed by atoms with Gasteiger partial charge in [0.15, 0.2) is 0 Å². The molecular weight excluding hydrogens is 236 g/mol. The van der Waals surface area contributed by atoms with Crippen molar-refractivity contribution < 1.29 is 0 Å². The number of hydrogen-bond acceptors (Lipinski definition) is 4. The quantitative estimate of drug-likeness (QED) is 0.717. The van der Waals surface area contributed by atoms with Crippen LogP contribution in [0.4, 0.5) is 0 Å². The van der Waals surface area contributed by atoms with Gasteiger partial charge in [-0.05, 0) is 40.4 Å². The van der Waals surface area contributed by atoms with Crippen molar-refractivity contribution in [2.75, 3.05) is 59.9 Å². The minimum absolute atomic E-state index is 0.717. The molecule has 3 saturated heterocycles. The Morgan fingerprint density at radius 2 is 1.84 bits per heavy atom. The Morgan fingerprint density at radius 1 is 1.00 bits per heavy atom. The van der Waals surface area contributed by atoms with Gasteiger partial charge in [0, 0.05) is 57.4 Å². The van der Waals surface area contributed by atoms with Crippen LogP contribution in [0.3, 0.4) is 0 Å². The van der Waals surface area contributed by atoms with Gasteiger partial charge >= 0.3 is 0 Å². The van der Waals surface area contributed by atoms with Crippen molar-refractivity contribution in [3.8, 4) is 0 Å². The normalized spacial score (nSPS) is 39.6. The van der Waals surface area contributed by atoms with E-state index in [1.54, 1.807) is 0 Å². The Labute approximate surface area is 118 Å². The van der Waals surface area contributed by atoms with Crippen molar-refractivity contribution in [3.05, 3.63) is 0 Å². The van der Waals surface area contributed by atoms with Crippen LogP contribution in [0.2, 0.25) is 0 Å². The molecule has 0 aromatic heterocycles. The van der Waals surface area contributed by atoms with Crippen molar-refractivity contribution >= 4 is 0 Å². The Balaban J connectivity index is 1.59. The maximum absolute atomic E-state index is 2.76. The molecule has 3 atom stereocenters. The molecule has 19 heavy (non-hydrogen) atoms. The SMILES string of the molecule is CC1CN2CCCC2CN1CC1CN(C)CCN1C. The molecule has 4 heteroatoms. The highest BCUT2D eigenvalue weighted by atomic mass is 15.3. The van der Waals surface area contributed by atoms with E-state index >= 15 is 0 Å². The monoisotopic (exact) mass is 266 g/mol. The molecule has 0 radical (unpaired) electrons. The van der Waals surface area contributed by atoms with E-state index in [1.807, 2.05) is 0 Å². The molecule has 3 fully saturated rings. The zero-order valence-electron chi connectivity index (χ0n) is 12.9. The Hall–Kier alpha value is -0.160. The minimum Gasteiger partial charge on any atom is -0.303 e. The molecule has 4 nitrogen and oxygen atoms in total. The fraction of sp³-hybridized carbons (Fsp3) is 1.00. The van der Waals surface area contributed by atoms with Crippen LogP contribution in [0, 0.1) is 0 Å². The molecule has 0 bridgehead atoms. The summed E-state index contributed by atoms with van der Waals surface area (Å²) in [5, 5.41) is 0. The zero-order chi connectivity index (χ0) is 13.4. The van der Waals surface area contributed by atoms with Crippen molar-refractivity contribution in [2.24, 2.45) is 0 Å². The maximum atomic E-state index is 2.76. The summed E-state index contributed by atoms with van der Waals surface area (Å²) in [7, 11) is 4.56. The summed E-state index contributed by atoms with van der Waals surface area (Å²) >= 11 is 0. The summed E-state index contributed by atoms with van der Waals surface area (Å²) in [5.74, 6) is 0. The molecule has 3 aliphatic rings. The molecule has 3 rings (SSSR count). The summed E-state index contributed by atoms with van der Waals surface area (Å²) < 4.78 is 0. The smallest absolute Gasteiger partial charge is 0.0347 e. The predicted octanol–water partition coefficient (Wildman–Crippen LogP) is 0.401. The summed E-state index contributed by atoms with van der Waals surface area (Å²) in [4.78, 5) is 10.5. The Bertz CT molecular complexity index is 309. The van der Waals surface area contributed by atoms with Crippen LogP contribution in [0.15, 0.2) is 0 Å². The van der Waals surface area contributed by atoms with Gasteiger partial charge in [0.25, 0.3) is 0 Å². The summed E-state index contributed by atoms with van der Waals surface area (Å²) in [5.41, 5.74) is 0. The number of nitrogens with zero attached hydrogens (tertiary/aromatic N) is 4. The highest BCUT2D eigenvalue weighted by Crippen LogP contribution is 2.25. The standard InChI is InChI=1S/C15H30N4/c1-13-9-18-6-4-5-14(18)11-19(13)12-15-10-16(2)7-8-17(15)3/h13-15H,4-12H2,1-3H3. The van der Waals surface area contributed by atoms with Crippen molar-refractivity contribution in [1.82, 2.24) is 19.6 Å².